The van der Waals surface area contributed by atoms with Gasteiger partial charge in [-0.15, -0.1) is 0 Å². The van der Waals surface area contributed by atoms with Crippen molar-refractivity contribution in [2.24, 2.45) is 5.73 Å². The minimum atomic E-state index is -2.00. The summed E-state index contributed by atoms with van der Waals surface area (Å²) >= 11 is 0. The molecule has 0 aromatic heterocycles. The van der Waals surface area contributed by atoms with Crippen LogP contribution in [0, 0.1) is 0 Å². The first-order chi connectivity index (χ1) is 21.4. The summed E-state index contributed by atoms with van der Waals surface area (Å²) in [6.45, 7) is 3.33. The second-order valence-corrected chi connectivity index (χ2v) is 11.9. The van der Waals surface area contributed by atoms with Crippen LogP contribution in [0.2, 0.25) is 0 Å². The van der Waals surface area contributed by atoms with E-state index in [4.69, 9.17) is 24.7 Å². The van der Waals surface area contributed by atoms with Gasteiger partial charge in [-0.05, 0) is 25.5 Å². The zero-order valence-corrected chi connectivity index (χ0v) is 25.1. The van der Waals surface area contributed by atoms with E-state index >= 15 is 0 Å². The van der Waals surface area contributed by atoms with Crippen LogP contribution in [-0.2, 0) is 32.0 Å². The van der Waals surface area contributed by atoms with Gasteiger partial charge in [0.2, 0.25) is 5.78 Å². The number of rotatable bonds is 7. The van der Waals surface area contributed by atoms with Crippen LogP contribution in [0.15, 0.2) is 48.5 Å². The highest BCUT2D eigenvalue weighted by Gasteiger charge is 2.49. The summed E-state index contributed by atoms with van der Waals surface area (Å²) < 4.78 is 23.8. The highest BCUT2D eigenvalue weighted by atomic mass is 16.7. The number of phenols is 2. The lowest BCUT2D eigenvalue weighted by Gasteiger charge is -2.43. The zero-order chi connectivity index (χ0) is 32.2. The third kappa shape index (κ3) is 5.20. The lowest BCUT2D eigenvalue weighted by molar-refractivity contribution is -0.254. The van der Waals surface area contributed by atoms with Gasteiger partial charge < -0.3 is 40.0 Å². The van der Waals surface area contributed by atoms with Crippen molar-refractivity contribution in [3.05, 3.63) is 87.5 Å². The first-order valence-corrected chi connectivity index (χ1v) is 14.8. The predicted octanol–water partition coefficient (Wildman–Crippen LogP) is 3.25. The molecule has 11 nitrogen and oxygen atoms in total. The quantitative estimate of drug-likeness (QED) is 0.224. The van der Waals surface area contributed by atoms with Gasteiger partial charge in [0.25, 0.3) is 0 Å². The summed E-state index contributed by atoms with van der Waals surface area (Å²) in [6, 6.07) is 13.6. The Morgan fingerprint density at radius 3 is 2.40 bits per heavy atom. The van der Waals surface area contributed by atoms with E-state index in [0.717, 1.165) is 5.56 Å². The lowest BCUT2D eigenvalue weighted by Crippen LogP contribution is -2.53. The fourth-order valence-corrected chi connectivity index (χ4v) is 6.68. The number of nitrogens with two attached hydrogens (primary N) is 1. The lowest BCUT2D eigenvalue weighted by atomic mass is 9.72. The molecule has 45 heavy (non-hydrogen) atoms. The van der Waals surface area contributed by atoms with E-state index in [1.807, 2.05) is 30.3 Å². The number of aromatic hydroxyl groups is 2. The maximum absolute atomic E-state index is 13.8. The van der Waals surface area contributed by atoms with Crippen LogP contribution < -0.4 is 10.5 Å². The summed E-state index contributed by atoms with van der Waals surface area (Å²) in [6.07, 6.45) is -3.67. The van der Waals surface area contributed by atoms with Gasteiger partial charge in [0.1, 0.15) is 22.8 Å². The van der Waals surface area contributed by atoms with Crippen LogP contribution in [0.3, 0.4) is 0 Å². The van der Waals surface area contributed by atoms with Gasteiger partial charge in [-0.25, -0.2) is 0 Å². The van der Waals surface area contributed by atoms with Crippen molar-refractivity contribution in [1.29, 1.82) is 0 Å². The number of hydrogen-bond acceptors (Lipinski definition) is 11. The molecular weight excluding hydrogens is 582 g/mol. The fourth-order valence-electron chi connectivity index (χ4n) is 6.68. The summed E-state index contributed by atoms with van der Waals surface area (Å²) in [5.74, 6) is -3.08. The minimum Gasteiger partial charge on any atom is -0.507 e. The topological polar surface area (TPSA) is 175 Å². The average molecular weight is 618 g/mol. The summed E-state index contributed by atoms with van der Waals surface area (Å²) in [4.78, 5) is 40.1. The molecule has 0 amide bonds. The highest BCUT2D eigenvalue weighted by molar-refractivity contribution is 6.31. The summed E-state index contributed by atoms with van der Waals surface area (Å²) in [5.41, 5.74) is 4.55. The van der Waals surface area contributed by atoms with Crippen molar-refractivity contribution in [3.8, 4) is 17.2 Å². The van der Waals surface area contributed by atoms with Crippen molar-refractivity contribution >= 4 is 17.3 Å². The molecule has 2 aliphatic carbocycles. The Bertz CT molecular complexity index is 1680. The molecule has 0 spiro atoms. The Morgan fingerprint density at radius 2 is 1.73 bits per heavy atom. The molecule has 5 N–H and O–H groups in total. The maximum atomic E-state index is 13.8. The van der Waals surface area contributed by atoms with Crippen molar-refractivity contribution in [1.82, 2.24) is 0 Å². The molecular formula is C34H35NO10. The molecule has 1 saturated heterocycles. The van der Waals surface area contributed by atoms with Crippen LogP contribution in [-0.4, -0.2) is 69.9 Å². The third-order valence-electron chi connectivity index (χ3n) is 9.05. The number of aliphatic hydroxyl groups is 1. The molecule has 236 valence electrons. The molecule has 0 unspecified atom stereocenters. The maximum Gasteiger partial charge on any atom is 0.202 e. The summed E-state index contributed by atoms with van der Waals surface area (Å²) in [7, 11) is 1.35. The Balaban J connectivity index is 1.35. The normalized spacial score (nSPS) is 27.4. The van der Waals surface area contributed by atoms with E-state index in [2.05, 4.69) is 0 Å². The van der Waals surface area contributed by atoms with Gasteiger partial charge in [0, 0.05) is 42.0 Å². The number of benzene rings is 3. The van der Waals surface area contributed by atoms with Crippen LogP contribution in [0.25, 0.3) is 0 Å². The number of ketones is 3. The number of Topliss-reactive ketones (excluding diaryl/α,β-unsaturated/α-hetero) is 1. The van der Waals surface area contributed by atoms with Gasteiger partial charge in [-0.2, -0.15) is 0 Å². The zero-order valence-electron chi connectivity index (χ0n) is 25.1. The van der Waals surface area contributed by atoms with Crippen LogP contribution in [0.1, 0.15) is 81.3 Å². The molecule has 11 heteroatoms. The Kier molecular flexibility index (Phi) is 8.00. The second kappa shape index (κ2) is 11.7. The third-order valence-corrected chi connectivity index (χ3v) is 9.05. The molecule has 0 saturated carbocycles. The molecule has 1 fully saturated rings. The Hall–Kier alpha value is -4.13. The van der Waals surface area contributed by atoms with Crippen LogP contribution in [0.4, 0.5) is 0 Å². The average Bonchev–Trinajstić information content (AvgIpc) is 3.01. The first kappa shape index (κ1) is 30.9. The van der Waals surface area contributed by atoms with Crippen molar-refractivity contribution in [3.63, 3.8) is 0 Å². The number of ether oxygens (including phenoxy) is 4. The van der Waals surface area contributed by atoms with E-state index in [9.17, 15) is 29.7 Å². The monoisotopic (exact) mass is 617 g/mol. The molecule has 3 aromatic carbocycles. The van der Waals surface area contributed by atoms with E-state index in [0.29, 0.717) is 6.61 Å². The summed E-state index contributed by atoms with van der Waals surface area (Å²) in [5, 5.41) is 34.6. The molecule has 3 aromatic rings. The standard InChI is InChI=1S/C34H35NO10/c1-16-33(43-15-18-8-5-4-6-9-18)21(35)12-24(44-16)45-23-14-34(41,17(2)36)13-20-26(23)32(40)28-27(30(20)38)29(37)19-10-7-11-22(42-3)25(19)31(28)39/h4-11,16,21,23-24,33,38,40-41H,12-15,35H2,1-3H3/t16-,21-,23-,24-,33+,34-/m0/s1. The minimum absolute atomic E-state index is 0.00504. The SMILES string of the molecule is COc1cccc2c1C(=O)c1c(O)c3c(c(O)c1C2=O)C[C@@](O)(C(C)=O)C[C@@H]3O[C@H]1C[C@H](N)[C@H](OCc2ccccc2)[C@H](C)O1. The van der Waals surface area contributed by atoms with Crippen LogP contribution in [0.5, 0.6) is 17.2 Å². The highest BCUT2D eigenvalue weighted by Crippen LogP contribution is 2.52. The molecule has 0 bridgehead atoms. The Labute approximate surface area is 259 Å². The van der Waals surface area contributed by atoms with Crippen molar-refractivity contribution in [2.45, 2.75) is 76.0 Å². The smallest absolute Gasteiger partial charge is 0.202 e. The Morgan fingerprint density at radius 1 is 1.02 bits per heavy atom. The number of hydrogen-bond donors (Lipinski definition) is 4. The molecule has 3 aliphatic rings. The van der Waals surface area contributed by atoms with Gasteiger partial charge in [-0.3, -0.25) is 14.4 Å². The predicted molar refractivity (Wildman–Crippen MR) is 159 cm³/mol. The molecule has 1 heterocycles. The van der Waals surface area contributed by atoms with Crippen molar-refractivity contribution < 1.29 is 48.7 Å². The molecule has 0 radical (unpaired) electrons. The number of fused-ring (bicyclic) bond motifs is 3. The van der Waals surface area contributed by atoms with E-state index in [1.165, 1.54) is 32.2 Å². The second-order valence-electron chi connectivity index (χ2n) is 11.9. The molecule has 1 aliphatic heterocycles. The number of methoxy groups -OCH3 is 1. The molecule has 6 rings (SSSR count). The van der Waals surface area contributed by atoms with Gasteiger partial charge in [0.15, 0.2) is 17.9 Å². The van der Waals surface area contributed by atoms with Gasteiger partial charge in [0.05, 0.1) is 48.7 Å². The number of carbonyl (C=O) groups excluding carboxylic acids is 3. The van der Waals surface area contributed by atoms with Gasteiger partial charge >= 0.3 is 0 Å². The van der Waals surface area contributed by atoms with Gasteiger partial charge in [-0.1, -0.05) is 42.5 Å². The van der Waals surface area contributed by atoms with E-state index in [1.54, 1.807) is 6.92 Å². The van der Waals surface area contributed by atoms with E-state index < -0.39 is 82.6 Å². The van der Waals surface area contributed by atoms with Crippen LogP contribution >= 0.6 is 0 Å². The number of carbonyl (C=O) groups is 3. The first-order valence-electron chi connectivity index (χ1n) is 14.8. The fraction of sp³-hybridized carbons (Fsp3) is 0.382. The largest absolute Gasteiger partial charge is 0.507 e. The van der Waals surface area contributed by atoms with E-state index in [-0.39, 0.29) is 40.8 Å². The number of phenolic OH excluding ortho intramolecular Hbond substituents is 2. The van der Waals surface area contributed by atoms with Crippen molar-refractivity contribution in [2.75, 3.05) is 7.11 Å². The molecule has 6 atom stereocenters.